The molecule has 8 heteroatoms. The van der Waals surface area contributed by atoms with Gasteiger partial charge in [0.05, 0.1) is 3.79 Å². The zero-order chi connectivity index (χ0) is 10.9. The Morgan fingerprint density at radius 2 is 2.25 bits per heavy atom. The molecule has 0 bridgehead atoms. The molecule has 0 aliphatic carbocycles. The number of rotatable bonds is 3. The lowest BCUT2D eigenvalue weighted by Crippen LogP contribution is -2.35. The first kappa shape index (κ1) is 14.4. The zero-order valence-electron chi connectivity index (χ0n) is 8.27. The Morgan fingerprint density at radius 1 is 1.50 bits per heavy atom. The molecule has 92 valence electrons. The molecule has 2 N–H and O–H groups in total. The molecule has 0 saturated carbocycles. The highest BCUT2D eigenvalue weighted by Gasteiger charge is 2.23. The van der Waals surface area contributed by atoms with Gasteiger partial charge in [-0.2, -0.15) is 0 Å². The molecule has 16 heavy (non-hydrogen) atoms. The predicted molar refractivity (Wildman–Crippen MR) is 70.9 cm³/mol. The standard InChI is InChI=1S/C8H11BrN2O2S2.ClH/c9-7-1-2-8(14-7)15(12,13)11-6-3-4-10-5-6;/h1-2,6,10-11H,3-5H2;1H/t6-;/m1./s1. The van der Waals surface area contributed by atoms with Gasteiger partial charge in [-0.1, -0.05) is 0 Å². The second-order valence-electron chi connectivity index (χ2n) is 3.37. The van der Waals surface area contributed by atoms with E-state index >= 15 is 0 Å². The summed E-state index contributed by atoms with van der Waals surface area (Å²) in [4.78, 5) is 0. The lowest BCUT2D eigenvalue weighted by Gasteiger charge is -2.10. The van der Waals surface area contributed by atoms with Crippen LogP contribution in [0, 0.1) is 0 Å². The van der Waals surface area contributed by atoms with E-state index in [4.69, 9.17) is 0 Å². The average molecular weight is 348 g/mol. The molecule has 1 aromatic rings. The second kappa shape index (κ2) is 5.79. The third-order valence-corrected chi connectivity index (χ3v) is 5.83. The van der Waals surface area contributed by atoms with Gasteiger partial charge in [0.15, 0.2) is 0 Å². The van der Waals surface area contributed by atoms with Gasteiger partial charge in [0.1, 0.15) is 4.21 Å². The van der Waals surface area contributed by atoms with Gasteiger partial charge in [-0.25, -0.2) is 13.1 Å². The van der Waals surface area contributed by atoms with Gasteiger partial charge in [-0.15, -0.1) is 23.7 Å². The van der Waals surface area contributed by atoms with Gasteiger partial charge >= 0.3 is 0 Å². The minimum atomic E-state index is -3.32. The van der Waals surface area contributed by atoms with Gasteiger partial charge in [-0.3, -0.25) is 0 Å². The SMILES string of the molecule is Cl.O=S(=O)(N[C@@H]1CCNC1)c1ccc(Br)s1. The van der Waals surface area contributed by atoms with Crippen LogP contribution in [-0.4, -0.2) is 27.5 Å². The lowest BCUT2D eigenvalue weighted by atomic mass is 10.3. The quantitative estimate of drug-likeness (QED) is 0.872. The van der Waals surface area contributed by atoms with Gasteiger partial charge in [0.2, 0.25) is 10.0 Å². The Labute approximate surface area is 113 Å². The van der Waals surface area contributed by atoms with Crippen molar-refractivity contribution < 1.29 is 8.42 Å². The van der Waals surface area contributed by atoms with Crippen LogP contribution in [0.3, 0.4) is 0 Å². The molecule has 0 radical (unpaired) electrons. The first-order valence-electron chi connectivity index (χ1n) is 4.56. The minimum Gasteiger partial charge on any atom is -0.315 e. The van der Waals surface area contributed by atoms with Crippen molar-refractivity contribution in [1.82, 2.24) is 10.0 Å². The van der Waals surface area contributed by atoms with Crippen molar-refractivity contribution in [2.45, 2.75) is 16.7 Å². The summed E-state index contributed by atoms with van der Waals surface area (Å²) in [6.45, 7) is 1.59. The van der Waals surface area contributed by atoms with Crippen LogP contribution in [0.15, 0.2) is 20.1 Å². The van der Waals surface area contributed by atoms with E-state index in [2.05, 4.69) is 26.0 Å². The third-order valence-electron chi connectivity index (χ3n) is 2.20. The van der Waals surface area contributed by atoms with Crippen LogP contribution in [0.5, 0.6) is 0 Å². The predicted octanol–water partition coefficient (Wildman–Crippen LogP) is 1.57. The van der Waals surface area contributed by atoms with E-state index < -0.39 is 10.0 Å². The van der Waals surface area contributed by atoms with Crippen molar-refractivity contribution >= 4 is 49.7 Å². The fourth-order valence-corrected chi connectivity index (χ4v) is 4.77. The molecule has 4 nitrogen and oxygen atoms in total. The number of nitrogens with one attached hydrogen (secondary N) is 2. The Kier molecular flexibility index (Phi) is 5.21. The normalized spacial score (nSPS) is 20.7. The van der Waals surface area contributed by atoms with Crippen LogP contribution < -0.4 is 10.0 Å². The molecule has 2 rings (SSSR count). The van der Waals surface area contributed by atoms with Gasteiger partial charge in [-0.05, 0) is 41.0 Å². The van der Waals surface area contributed by atoms with Gasteiger partial charge < -0.3 is 5.32 Å². The molecule has 0 amide bonds. The first-order valence-corrected chi connectivity index (χ1v) is 7.65. The Morgan fingerprint density at radius 3 is 2.75 bits per heavy atom. The fourth-order valence-electron chi connectivity index (χ4n) is 1.47. The second-order valence-corrected chi connectivity index (χ2v) is 7.77. The van der Waals surface area contributed by atoms with Crippen molar-refractivity contribution in [3.63, 3.8) is 0 Å². The van der Waals surface area contributed by atoms with Gasteiger partial charge in [0, 0.05) is 12.6 Å². The van der Waals surface area contributed by atoms with E-state index in [1.165, 1.54) is 11.3 Å². The highest BCUT2D eigenvalue weighted by atomic mass is 79.9. The summed E-state index contributed by atoms with van der Waals surface area (Å²) in [5.41, 5.74) is 0. The Hall–Kier alpha value is 0.340. The Bertz CT molecular complexity index is 443. The lowest BCUT2D eigenvalue weighted by molar-refractivity contribution is 0.562. The summed E-state index contributed by atoms with van der Waals surface area (Å²) in [5.74, 6) is 0. The van der Waals surface area contributed by atoms with Crippen LogP contribution in [0.2, 0.25) is 0 Å². The third kappa shape index (κ3) is 3.41. The molecular weight excluding hydrogens is 336 g/mol. The summed E-state index contributed by atoms with van der Waals surface area (Å²) in [7, 11) is -3.32. The maximum atomic E-state index is 11.9. The molecule has 1 aliphatic rings. The van der Waals surface area contributed by atoms with E-state index in [0.29, 0.717) is 10.8 Å². The number of thiophene rings is 1. The summed E-state index contributed by atoms with van der Waals surface area (Å²) in [5, 5.41) is 3.12. The largest absolute Gasteiger partial charge is 0.315 e. The van der Waals surface area contributed by atoms with Crippen LogP contribution in [0.4, 0.5) is 0 Å². The number of halogens is 2. The molecule has 1 atom stereocenters. The topological polar surface area (TPSA) is 58.2 Å². The van der Waals surface area contributed by atoms with Crippen LogP contribution in [0.1, 0.15) is 6.42 Å². The van der Waals surface area contributed by atoms with E-state index in [9.17, 15) is 8.42 Å². The minimum absolute atomic E-state index is 0. The first-order chi connectivity index (χ1) is 7.08. The average Bonchev–Trinajstić information content (AvgIpc) is 2.75. The summed E-state index contributed by atoms with van der Waals surface area (Å²) in [6.07, 6.45) is 0.853. The maximum Gasteiger partial charge on any atom is 0.250 e. The summed E-state index contributed by atoms with van der Waals surface area (Å²) >= 11 is 4.48. The van der Waals surface area contributed by atoms with Crippen molar-refractivity contribution in [3.05, 3.63) is 15.9 Å². The molecule has 0 unspecified atom stereocenters. The molecule has 0 spiro atoms. The monoisotopic (exact) mass is 346 g/mol. The van der Waals surface area contributed by atoms with Crippen molar-refractivity contribution in [3.8, 4) is 0 Å². The number of hydrogen-bond acceptors (Lipinski definition) is 4. The van der Waals surface area contributed by atoms with Crippen molar-refractivity contribution in [1.29, 1.82) is 0 Å². The molecular formula is C8H12BrClN2O2S2. The van der Waals surface area contributed by atoms with E-state index in [1.54, 1.807) is 12.1 Å². The fraction of sp³-hybridized carbons (Fsp3) is 0.500. The summed E-state index contributed by atoms with van der Waals surface area (Å²) in [6, 6.07) is 3.38. The van der Waals surface area contributed by atoms with E-state index in [0.717, 1.165) is 16.8 Å². The molecule has 0 aromatic carbocycles. The van der Waals surface area contributed by atoms with Crippen molar-refractivity contribution in [2.75, 3.05) is 13.1 Å². The highest BCUT2D eigenvalue weighted by molar-refractivity contribution is 9.11. The smallest absolute Gasteiger partial charge is 0.250 e. The molecule has 1 aliphatic heterocycles. The number of hydrogen-bond donors (Lipinski definition) is 2. The molecule has 1 aromatic heterocycles. The number of sulfonamides is 1. The van der Waals surface area contributed by atoms with E-state index in [-0.39, 0.29) is 18.4 Å². The Balaban J connectivity index is 0.00000128. The van der Waals surface area contributed by atoms with Crippen molar-refractivity contribution in [2.24, 2.45) is 0 Å². The van der Waals surface area contributed by atoms with Crippen LogP contribution in [0.25, 0.3) is 0 Å². The van der Waals surface area contributed by atoms with E-state index in [1.807, 2.05) is 0 Å². The molecule has 1 saturated heterocycles. The van der Waals surface area contributed by atoms with Crippen LogP contribution >= 0.6 is 39.7 Å². The molecule has 2 heterocycles. The molecule has 1 fully saturated rings. The van der Waals surface area contributed by atoms with Gasteiger partial charge in [0.25, 0.3) is 0 Å². The zero-order valence-corrected chi connectivity index (χ0v) is 12.3. The summed E-state index contributed by atoms with van der Waals surface area (Å²) < 4.78 is 27.6. The van der Waals surface area contributed by atoms with Crippen LogP contribution in [-0.2, 0) is 10.0 Å². The maximum absolute atomic E-state index is 11.9. The highest BCUT2D eigenvalue weighted by Crippen LogP contribution is 2.26.